The molecule has 1 heterocycles. The summed E-state index contributed by atoms with van der Waals surface area (Å²) in [6.07, 6.45) is 2.83. The number of hydrogen-bond donors (Lipinski definition) is 2. The third kappa shape index (κ3) is 3.63. The lowest BCUT2D eigenvalue weighted by Gasteiger charge is -2.07. The molecular formula is C14H13BrN4O2. The van der Waals surface area contributed by atoms with Gasteiger partial charge in [-0.05, 0) is 18.6 Å². The number of amides is 1. The fourth-order valence-corrected chi connectivity index (χ4v) is 2.03. The van der Waals surface area contributed by atoms with Crippen LogP contribution in [0.4, 0.5) is 5.95 Å². The van der Waals surface area contributed by atoms with E-state index in [4.69, 9.17) is 0 Å². The quantitative estimate of drug-likeness (QED) is 0.653. The summed E-state index contributed by atoms with van der Waals surface area (Å²) in [4.78, 5) is 31.1. The number of benzene rings is 1. The zero-order chi connectivity index (χ0) is 15.4. The lowest BCUT2D eigenvalue weighted by atomic mass is 10.0. The van der Waals surface area contributed by atoms with Crippen LogP contribution in [0.5, 0.6) is 0 Å². The summed E-state index contributed by atoms with van der Waals surface area (Å²) < 4.78 is 0.873. The number of nitrogens with one attached hydrogen (secondary N) is 2. The van der Waals surface area contributed by atoms with Gasteiger partial charge in [-0.15, -0.1) is 0 Å². The molecule has 0 spiro atoms. The molecule has 0 radical (unpaired) electrons. The Kier molecular flexibility index (Phi) is 4.64. The number of nitrogens with zero attached hydrogens (tertiary/aromatic N) is 2. The minimum Gasteiger partial charge on any atom is -0.288 e. The van der Waals surface area contributed by atoms with E-state index in [-0.39, 0.29) is 17.6 Å². The Morgan fingerprint density at radius 3 is 2.48 bits per heavy atom. The van der Waals surface area contributed by atoms with Crippen molar-refractivity contribution in [3.05, 3.63) is 51.8 Å². The summed E-state index contributed by atoms with van der Waals surface area (Å²) in [5, 5.41) is 0. The summed E-state index contributed by atoms with van der Waals surface area (Å²) in [6.45, 7) is 3.23. The highest BCUT2D eigenvalue weighted by Gasteiger charge is 2.14. The van der Waals surface area contributed by atoms with E-state index in [1.54, 1.807) is 12.1 Å². The molecule has 0 aliphatic carbocycles. The zero-order valence-corrected chi connectivity index (χ0v) is 13.1. The minimum absolute atomic E-state index is 0.153. The number of anilines is 1. The van der Waals surface area contributed by atoms with Gasteiger partial charge < -0.3 is 0 Å². The van der Waals surface area contributed by atoms with E-state index >= 15 is 0 Å². The molecule has 0 unspecified atom stereocenters. The van der Waals surface area contributed by atoms with Crippen molar-refractivity contribution in [3.8, 4) is 0 Å². The van der Waals surface area contributed by atoms with Crippen LogP contribution in [0.1, 0.15) is 28.4 Å². The van der Waals surface area contributed by atoms with Gasteiger partial charge in [-0.1, -0.05) is 28.1 Å². The molecule has 1 aromatic heterocycles. The van der Waals surface area contributed by atoms with E-state index in [0.29, 0.717) is 11.1 Å². The summed E-state index contributed by atoms with van der Waals surface area (Å²) in [5.74, 6) is -0.198. The van der Waals surface area contributed by atoms with Crippen LogP contribution in [0.25, 0.3) is 0 Å². The molecule has 0 saturated heterocycles. The topological polar surface area (TPSA) is 84.0 Å². The second kappa shape index (κ2) is 6.45. The smallest absolute Gasteiger partial charge is 0.241 e. The number of carbonyl (C=O) groups excluding carboxylic acids is 2. The number of aromatic nitrogens is 2. The predicted octanol–water partition coefficient (Wildman–Crippen LogP) is 2.24. The normalized spacial score (nSPS) is 10.0. The summed E-state index contributed by atoms with van der Waals surface area (Å²) in [5.41, 5.74) is 6.72. The fraction of sp³-hybridized carbons (Fsp3) is 0.143. The first-order valence-electron chi connectivity index (χ1n) is 6.13. The van der Waals surface area contributed by atoms with Crippen LogP contribution in [-0.4, -0.2) is 21.7 Å². The van der Waals surface area contributed by atoms with Gasteiger partial charge in [-0.2, -0.15) is 0 Å². The number of ketones is 1. The van der Waals surface area contributed by atoms with Gasteiger partial charge in [0, 0.05) is 29.4 Å². The van der Waals surface area contributed by atoms with Crippen molar-refractivity contribution >= 4 is 33.6 Å². The third-order valence-corrected chi connectivity index (χ3v) is 3.64. The molecule has 1 aromatic carbocycles. The maximum Gasteiger partial charge on any atom is 0.241 e. The summed E-state index contributed by atoms with van der Waals surface area (Å²) >= 11 is 3.40. The molecule has 1 amide bonds. The molecule has 2 aromatic rings. The fourth-order valence-electron chi connectivity index (χ4n) is 1.66. The molecule has 0 fully saturated rings. The molecule has 2 rings (SSSR count). The summed E-state index contributed by atoms with van der Waals surface area (Å²) in [7, 11) is 0. The van der Waals surface area contributed by atoms with E-state index in [0.717, 1.165) is 10.0 Å². The second-order valence-corrected chi connectivity index (χ2v) is 5.20. The minimum atomic E-state index is -0.261. The highest BCUT2D eigenvalue weighted by Crippen LogP contribution is 2.21. The van der Waals surface area contributed by atoms with E-state index < -0.39 is 0 Å². The molecule has 2 N–H and O–H groups in total. The van der Waals surface area contributed by atoms with Crippen LogP contribution in [0, 0.1) is 6.92 Å². The second-order valence-electron chi connectivity index (χ2n) is 4.34. The van der Waals surface area contributed by atoms with Crippen molar-refractivity contribution in [2.75, 3.05) is 5.43 Å². The van der Waals surface area contributed by atoms with Crippen molar-refractivity contribution in [3.63, 3.8) is 0 Å². The largest absolute Gasteiger partial charge is 0.288 e. The summed E-state index contributed by atoms with van der Waals surface area (Å²) in [6, 6.07) is 5.44. The average Bonchev–Trinajstić information content (AvgIpc) is 2.48. The Labute approximate surface area is 130 Å². The predicted molar refractivity (Wildman–Crippen MR) is 81.8 cm³/mol. The molecular weight excluding hydrogens is 336 g/mol. The van der Waals surface area contributed by atoms with E-state index in [1.807, 2.05) is 13.0 Å². The Morgan fingerprint density at radius 2 is 1.86 bits per heavy atom. The molecule has 0 saturated carbocycles. The molecule has 21 heavy (non-hydrogen) atoms. The lowest BCUT2D eigenvalue weighted by Crippen LogP contribution is -2.27. The van der Waals surface area contributed by atoms with Gasteiger partial charge in [0.15, 0.2) is 5.78 Å². The first kappa shape index (κ1) is 15.1. The molecule has 0 bridgehead atoms. The molecule has 0 aliphatic heterocycles. The van der Waals surface area contributed by atoms with Crippen LogP contribution in [-0.2, 0) is 4.79 Å². The maximum atomic E-state index is 12.4. The van der Waals surface area contributed by atoms with Gasteiger partial charge in [0.2, 0.25) is 11.9 Å². The van der Waals surface area contributed by atoms with Crippen LogP contribution in [0.3, 0.4) is 0 Å². The number of carbonyl (C=O) groups is 2. The number of halogens is 1. The highest BCUT2D eigenvalue weighted by molar-refractivity contribution is 9.10. The highest BCUT2D eigenvalue weighted by atomic mass is 79.9. The molecule has 108 valence electrons. The van der Waals surface area contributed by atoms with Crippen LogP contribution < -0.4 is 10.9 Å². The lowest BCUT2D eigenvalue weighted by molar-refractivity contribution is -0.118. The van der Waals surface area contributed by atoms with Crippen molar-refractivity contribution < 1.29 is 9.59 Å². The van der Waals surface area contributed by atoms with E-state index in [2.05, 4.69) is 36.7 Å². The average molecular weight is 349 g/mol. The molecule has 0 aliphatic rings. The van der Waals surface area contributed by atoms with Crippen molar-refractivity contribution in [2.24, 2.45) is 0 Å². The van der Waals surface area contributed by atoms with Crippen molar-refractivity contribution in [2.45, 2.75) is 13.8 Å². The van der Waals surface area contributed by atoms with Crippen molar-refractivity contribution in [1.29, 1.82) is 0 Å². The van der Waals surface area contributed by atoms with Gasteiger partial charge in [-0.3, -0.25) is 20.4 Å². The molecule has 6 nitrogen and oxygen atoms in total. The number of rotatable bonds is 4. The third-order valence-electron chi connectivity index (χ3n) is 2.78. The van der Waals surface area contributed by atoms with Gasteiger partial charge in [0.25, 0.3) is 0 Å². The Morgan fingerprint density at radius 1 is 1.19 bits per heavy atom. The van der Waals surface area contributed by atoms with E-state index in [9.17, 15) is 9.59 Å². The van der Waals surface area contributed by atoms with Crippen LogP contribution in [0.15, 0.2) is 35.1 Å². The van der Waals surface area contributed by atoms with Crippen molar-refractivity contribution in [1.82, 2.24) is 15.4 Å². The van der Waals surface area contributed by atoms with Crippen LogP contribution in [0.2, 0.25) is 0 Å². The van der Waals surface area contributed by atoms with Gasteiger partial charge in [0.1, 0.15) is 0 Å². The first-order valence-corrected chi connectivity index (χ1v) is 6.93. The standard InChI is InChI=1S/C14H13BrN4O2/c1-8-11(4-3-5-12(8)15)13(21)10-6-16-14(17-7-10)19-18-9(2)20/h3-7H,1-2H3,(H,18,20)(H,16,17,19). The Hall–Kier alpha value is -2.28. The molecule has 7 heteroatoms. The van der Waals surface area contributed by atoms with E-state index in [1.165, 1.54) is 19.3 Å². The Balaban J connectivity index is 2.20. The maximum absolute atomic E-state index is 12.4. The Bertz CT molecular complexity index is 686. The number of hydrazine groups is 1. The molecule has 0 atom stereocenters. The zero-order valence-electron chi connectivity index (χ0n) is 11.5. The van der Waals surface area contributed by atoms with Crippen LogP contribution >= 0.6 is 15.9 Å². The first-order chi connectivity index (χ1) is 9.99. The van der Waals surface area contributed by atoms with Gasteiger partial charge in [-0.25, -0.2) is 9.97 Å². The van der Waals surface area contributed by atoms with Gasteiger partial charge in [0.05, 0.1) is 5.56 Å². The monoisotopic (exact) mass is 348 g/mol. The SMILES string of the molecule is CC(=O)NNc1ncc(C(=O)c2cccc(Br)c2C)cn1. The van der Waals surface area contributed by atoms with Gasteiger partial charge >= 0.3 is 0 Å². The number of hydrogen-bond acceptors (Lipinski definition) is 5.